The van der Waals surface area contributed by atoms with Crippen LogP contribution in [0.1, 0.15) is 19.4 Å². The number of likely N-dealkylation sites (N-methyl/N-ethyl adjacent to an activating group) is 1. The predicted molar refractivity (Wildman–Crippen MR) is 72.7 cm³/mol. The highest BCUT2D eigenvalue weighted by atomic mass is 16.2. The van der Waals surface area contributed by atoms with Crippen molar-refractivity contribution in [1.29, 1.82) is 0 Å². The highest BCUT2D eigenvalue weighted by molar-refractivity contribution is 5.93. The van der Waals surface area contributed by atoms with Gasteiger partial charge < -0.3 is 16.0 Å². The van der Waals surface area contributed by atoms with Crippen LogP contribution in [0.5, 0.6) is 0 Å². The molecular formula is C13H19N3O2. The number of amides is 2. The van der Waals surface area contributed by atoms with Crippen LogP contribution in [-0.2, 0) is 9.59 Å². The predicted octanol–water partition coefficient (Wildman–Crippen LogP) is 1.50. The highest BCUT2D eigenvalue weighted by Crippen LogP contribution is 2.19. The number of aryl methyl sites for hydroxylation is 1. The number of hydrogen-bond acceptors (Lipinski definition) is 3. The summed E-state index contributed by atoms with van der Waals surface area (Å²) in [6, 6.07) is 5.37. The highest BCUT2D eigenvalue weighted by Gasteiger charge is 2.04. The number of carbonyl (C=O) groups excluding carboxylic acids is 2. The molecule has 0 aliphatic carbocycles. The van der Waals surface area contributed by atoms with Crippen molar-refractivity contribution in [1.82, 2.24) is 5.32 Å². The SMILES string of the molecule is CCNCC(=O)Nc1ccc(NC(C)=O)c(C)c1. The molecule has 1 aromatic rings. The minimum Gasteiger partial charge on any atom is -0.326 e. The Hall–Kier alpha value is -1.88. The minimum atomic E-state index is -0.109. The van der Waals surface area contributed by atoms with Gasteiger partial charge in [-0.15, -0.1) is 0 Å². The average Bonchev–Trinajstić information content (AvgIpc) is 2.29. The van der Waals surface area contributed by atoms with E-state index in [9.17, 15) is 9.59 Å². The van der Waals surface area contributed by atoms with Crippen LogP contribution >= 0.6 is 0 Å². The van der Waals surface area contributed by atoms with Crippen LogP contribution in [0.25, 0.3) is 0 Å². The summed E-state index contributed by atoms with van der Waals surface area (Å²) in [5.41, 5.74) is 2.39. The standard InChI is InChI=1S/C13H19N3O2/c1-4-14-8-13(18)16-11-5-6-12(9(2)7-11)15-10(3)17/h5-7,14H,4,8H2,1-3H3,(H,15,17)(H,16,18). The van der Waals surface area contributed by atoms with Crippen molar-refractivity contribution in [3.63, 3.8) is 0 Å². The van der Waals surface area contributed by atoms with Gasteiger partial charge in [0.05, 0.1) is 6.54 Å². The normalized spacial score (nSPS) is 9.94. The van der Waals surface area contributed by atoms with Gasteiger partial charge in [0, 0.05) is 18.3 Å². The number of rotatable bonds is 5. The average molecular weight is 249 g/mol. The molecular weight excluding hydrogens is 230 g/mol. The molecule has 1 rings (SSSR count). The van der Waals surface area contributed by atoms with Crippen LogP contribution in [0.4, 0.5) is 11.4 Å². The number of nitrogens with one attached hydrogen (secondary N) is 3. The first-order chi connectivity index (χ1) is 8.52. The molecule has 0 saturated carbocycles. The van der Waals surface area contributed by atoms with Crippen LogP contribution in [0, 0.1) is 6.92 Å². The molecule has 0 aliphatic rings. The Bertz CT molecular complexity index is 444. The second kappa shape index (κ2) is 6.76. The fourth-order valence-corrected chi connectivity index (χ4v) is 1.52. The van der Waals surface area contributed by atoms with Crippen molar-refractivity contribution < 1.29 is 9.59 Å². The molecule has 98 valence electrons. The van der Waals surface area contributed by atoms with E-state index in [0.29, 0.717) is 6.54 Å². The smallest absolute Gasteiger partial charge is 0.238 e. The molecule has 5 heteroatoms. The molecule has 0 aromatic heterocycles. The summed E-state index contributed by atoms with van der Waals surface area (Å²) in [5.74, 6) is -0.189. The molecule has 0 fully saturated rings. The third-order valence-corrected chi connectivity index (χ3v) is 2.36. The summed E-state index contributed by atoms with van der Waals surface area (Å²) >= 11 is 0. The van der Waals surface area contributed by atoms with E-state index in [0.717, 1.165) is 23.5 Å². The zero-order valence-electron chi connectivity index (χ0n) is 11.0. The molecule has 3 N–H and O–H groups in total. The second-order valence-electron chi connectivity index (χ2n) is 4.04. The van der Waals surface area contributed by atoms with Crippen LogP contribution in [0.2, 0.25) is 0 Å². The number of anilines is 2. The van der Waals surface area contributed by atoms with E-state index >= 15 is 0 Å². The molecule has 0 spiro atoms. The Morgan fingerprint density at radius 1 is 1.22 bits per heavy atom. The van der Waals surface area contributed by atoms with E-state index in [2.05, 4.69) is 16.0 Å². The minimum absolute atomic E-state index is 0.0801. The van der Waals surface area contributed by atoms with E-state index in [4.69, 9.17) is 0 Å². The number of hydrogen-bond donors (Lipinski definition) is 3. The first kappa shape index (κ1) is 14.2. The Balaban J connectivity index is 2.66. The van der Waals surface area contributed by atoms with E-state index < -0.39 is 0 Å². The van der Waals surface area contributed by atoms with Crippen LogP contribution in [0.15, 0.2) is 18.2 Å². The lowest BCUT2D eigenvalue weighted by molar-refractivity contribution is -0.115. The maximum atomic E-state index is 11.5. The summed E-state index contributed by atoms with van der Waals surface area (Å²) in [5, 5.41) is 8.46. The van der Waals surface area contributed by atoms with Crippen molar-refractivity contribution >= 4 is 23.2 Å². The first-order valence-electron chi connectivity index (χ1n) is 5.91. The third-order valence-electron chi connectivity index (χ3n) is 2.36. The van der Waals surface area contributed by atoms with Gasteiger partial charge in [0.1, 0.15) is 0 Å². The summed E-state index contributed by atoms with van der Waals surface area (Å²) in [6.45, 7) is 6.34. The lowest BCUT2D eigenvalue weighted by Gasteiger charge is -2.10. The Kier molecular flexibility index (Phi) is 5.32. The molecule has 0 atom stereocenters. The number of carbonyl (C=O) groups is 2. The Labute approximate surface area is 107 Å². The van der Waals surface area contributed by atoms with Gasteiger partial charge in [-0.2, -0.15) is 0 Å². The molecule has 0 heterocycles. The fraction of sp³-hybridized carbons (Fsp3) is 0.385. The first-order valence-corrected chi connectivity index (χ1v) is 5.91. The van der Waals surface area contributed by atoms with Crippen molar-refractivity contribution in [3.8, 4) is 0 Å². The van der Waals surface area contributed by atoms with Gasteiger partial charge in [-0.3, -0.25) is 9.59 Å². The van der Waals surface area contributed by atoms with Gasteiger partial charge in [0.2, 0.25) is 11.8 Å². The van der Waals surface area contributed by atoms with Crippen molar-refractivity contribution in [2.45, 2.75) is 20.8 Å². The molecule has 5 nitrogen and oxygen atoms in total. The van der Waals surface area contributed by atoms with Crippen LogP contribution < -0.4 is 16.0 Å². The quantitative estimate of drug-likeness (QED) is 0.740. The van der Waals surface area contributed by atoms with E-state index in [-0.39, 0.29) is 11.8 Å². The maximum Gasteiger partial charge on any atom is 0.238 e. The van der Waals surface area contributed by atoms with Crippen LogP contribution in [-0.4, -0.2) is 24.9 Å². The molecule has 18 heavy (non-hydrogen) atoms. The zero-order chi connectivity index (χ0) is 13.5. The van der Waals surface area contributed by atoms with Crippen LogP contribution in [0.3, 0.4) is 0 Å². The third kappa shape index (κ3) is 4.55. The monoisotopic (exact) mass is 249 g/mol. The number of benzene rings is 1. The fourth-order valence-electron chi connectivity index (χ4n) is 1.52. The summed E-state index contributed by atoms with van der Waals surface area (Å²) in [4.78, 5) is 22.5. The zero-order valence-corrected chi connectivity index (χ0v) is 11.0. The summed E-state index contributed by atoms with van der Waals surface area (Å²) < 4.78 is 0. The molecule has 1 aromatic carbocycles. The molecule has 0 unspecified atom stereocenters. The van der Waals surface area contributed by atoms with E-state index in [1.54, 1.807) is 12.1 Å². The summed E-state index contributed by atoms with van der Waals surface area (Å²) in [6.07, 6.45) is 0. The molecule has 0 bridgehead atoms. The van der Waals surface area contributed by atoms with E-state index in [1.807, 2.05) is 19.9 Å². The summed E-state index contributed by atoms with van der Waals surface area (Å²) in [7, 11) is 0. The Morgan fingerprint density at radius 3 is 2.50 bits per heavy atom. The molecule has 0 saturated heterocycles. The Morgan fingerprint density at radius 2 is 1.94 bits per heavy atom. The van der Waals surface area contributed by atoms with Crippen molar-refractivity contribution in [2.75, 3.05) is 23.7 Å². The molecule has 0 radical (unpaired) electrons. The topological polar surface area (TPSA) is 70.2 Å². The van der Waals surface area contributed by atoms with Gasteiger partial charge in [0.15, 0.2) is 0 Å². The van der Waals surface area contributed by atoms with Gasteiger partial charge in [-0.25, -0.2) is 0 Å². The van der Waals surface area contributed by atoms with Gasteiger partial charge in [-0.1, -0.05) is 6.92 Å². The van der Waals surface area contributed by atoms with Crippen molar-refractivity contribution in [2.24, 2.45) is 0 Å². The largest absolute Gasteiger partial charge is 0.326 e. The molecule has 2 amide bonds. The second-order valence-corrected chi connectivity index (χ2v) is 4.04. The van der Waals surface area contributed by atoms with Crippen molar-refractivity contribution in [3.05, 3.63) is 23.8 Å². The van der Waals surface area contributed by atoms with Gasteiger partial charge in [-0.05, 0) is 37.2 Å². The molecule has 0 aliphatic heterocycles. The van der Waals surface area contributed by atoms with E-state index in [1.165, 1.54) is 6.92 Å². The lowest BCUT2D eigenvalue weighted by Crippen LogP contribution is -2.27. The maximum absolute atomic E-state index is 11.5. The van der Waals surface area contributed by atoms with Gasteiger partial charge >= 0.3 is 0 Å². The lowest BCUT2D eigenvalue weighted by atomic mass is 10.1. The van der Waals surface area contributed by atoms with Gasteiger partial charge in [0.25, 0.3) is 0 Å².